The monoisotopic (exact) mass is 284 g/mol. The third-order valence-corrected chi connectivity index (χ3v) is 3.97. The summed E-state index contributed by atoms with van der Waals surface area (Å²) in [6.45, 7) is 3.29. The van der Waals surface area contributed by atoms with Crippen molar-refractivity contribution < 1.29 is 14.6 Å². The molecule has 0 aliphatic carbocycles. The first kappa shape index (κ1) is 15.3. The van der Waals surface area contributed by atoms with Gasteiger partial charge in [0.1, 0.15) is 0 Å². The van der Waals surface area contributed by atoms with E-state index in [1.807, 2.05) is 54.6 Å². The van der Waals surface area contributed by atoms with E-state index in [-0.39, 0.29) is 0 Å². The maximum Gasteiger partial charge on any atom is 0.311 e. The summed E-state index contributed by atoms with van der Waals surface area (Å²) in [7, 11) is 1.33. The fourth-order valence-corrected chi connectivity index (χ4v) is 2.29. The Kier molecular flexibility index (Phi) is 4.43. The van der Waals surface area contributed by atoms with Gasteiger partial charge < -0.3 is 9.84 Å². The molecule has 2 aromatic rings. The first-order valence-electron chi connectivity index (χ1n) is 6.93. The average molecular weight is 284 g/mol. The highest BCUT2D eigenvalue weighted by molar-refractivity contribution is 5.73. The summed E-state index contributed by atoms with van der Waals surface area (Å²) in [6, 6.07) is 17.6. The molecule has 2 aromatic carbocycles. The van der Waals surface area contributed by atoms with Crippen LogP contribution in [0.2, 0.25) is 0 Å². The average Bonchev–Trinajstić information content (AvgIpc) is 2.54. The van der Waals surface area contributed by atoms with Crippen molar-refractivity contribution in [3.05, 3.63) is 60.2 Å². The van der Waals surface area contributed by atoms with Crippen LogP contribution in [-0.2, 0) is 15.1 Å². The van der Waals surface area contributed by atoms with Crippen LogP contribution in [0, 0.1) is 5.92 Å². The lowest BCUT2D eigenvalue weighted by molar-refractivity contribution is -0.154. The molecule has 110 valence electrons. The number of rotatable bonds is 4. The highest BCUT2D eigenvalue weighted by Gasteiger charge is 2.36. The van der Waals surface area contributed by atoms with Gasteiger partial charge in [0, 0.05) is 0 Å². The molecule has 2 atom stereocenters. The Morgan fingerprint density at radius 3 is 2.10 bits per heavy atom. The van der Waals surface area contributed by atoms with Gasteiger partial charge in [0.05, 0.1) is 18.6 Å². The van der Waals surface area contributed by atoms with Gasteiger partial charge in [0.25, 0.3) is 0 Å². The Labute approximate surface area is 125 Å². The van der Waals surface area contributed by atoms with E-state index in [0.29, 0.717) is 5.56 Å². The molecule has 2 rings (SSSR count). The summed E-state index contributed by atoms with van der Waals surface area (Å²) in [5.41, 5.74) is 1.62. The SMILES string of the molecule is COC(=O)C(C)C(C)(O)c1ccc(-c2ccccc2)cc1. The quantitative estimate of drug-likeness (QED) is 0.876. The zero-order valence-electron chi connectivity index (χ0n) is 12.5. The van der Waals surface area contributed by atoms with Crippen LogP contribution < -0.4 is 0 Å². The third-order valence-electron chi connectivity index (χ3n) is 3.97. The van der Waals surface area contributed by atoms with E-state index in [1.165, 1.54) is 7.11 Å². The van der Waals surface area contributed by atoms with Crippen molar-refractivity contribution in [2.45, 2.75) is 19.4 Å². The number of ether oxygens (including phenoxy) is 1. The number of aliphatic hydroxyl groups is 1. The molecular weight excluding hydrogens is 264 g/mol. The van der Waals surface area contributed by atoms with Crippen LogP contribution in [0.5, 0.6) is 0 Å². The van der Waals surface area contributed by atoms with Crippen molar-refractivity contribution in [1.82, 2.24) is 0 Å². The van der Waals surface area contributed by atoms with Crippen LogP contribution in [0.4, 0.5) is 0 Å². The van der Waals surface area contributed by atoms with E-state index in [4.69, 9.17) is 4.74 Å². The molecule has 3 nitrogen and oxygen atoms in total. The predicted molar refractivity (Wildman–Crippen MR) is 82.6 cm³/mol. The molecule has 0 bridgehead atoms. The number of hydrogen-bond donors (Lipinski definition) is 1. The second-order valence-corrected chi connectivity index (χ2v) is 5.34. The van der Waals surface area contributed by atoms with E-state index < -0.39 is 17.5 Å². The number of methoxy groups -OCH3 is 1. The van der Waals surface area contributed by atoms with Crippen molar-refractivity contribution in [2.75, 3.05) is 7.11 Å². The number of carbonyl (C=O) groups is 1. The zero-order chi connectivity index (χ0) is 15.5. The van der Waals surface area contributed by atoms with Crippen molar-refractivity contribution >= 4 is 5.97 Å². The number of esters is 1. The predicted octanol–water partition coefficient (Wildman–Crippen LogP) is 3.37. The van der Waals surface area contributed by atoms with Gasteiger partial charge in [0.2, 0.25) is 0 Å². The maximum atomic E-state index is 11.6. The van der Waals surface area contributed by atoms with Crippen LogP contribution in [0.1, 0.15) is 19.4 Å². The summed E-state index contributed by atoms with van der Waals surface area (Å²) in [5, 5.41) is 10.6. The van der Waals surface area contributed by atoms with Gasteiger partial charge in [-0.25, -0.2) is 0 Å². The standard InChI is InChI=1S/C18H20O3/c1-13(17(19)21-3)18(2,20)16-11-9-15(10-12-16)14-7-5-4-6-8-14/h4-13,20H,1-3H3. The molecule has 0 aliphatic heterocycles. The molecule has 3 heteroatoms. The second kappa shape index (κ2) is 6.10. The lowest BCUT2D eigenvalue weighted by atomic mass is 9.83. The molecule has 0 aliphatic rings. The second-order valence-electron chi connectivity index (χ2n) is 5.34. The van der Waals surface area contributed by atoms with Gasteiger partial charge in [-0.3, -0.25) is 4.79 Å². The topological polar surface area (TPSA) is 46.5 Å². The number of benzene rings is 2. The molecule has 21 heavy (non-hydrogen) atoms. The van der Waals surface area contributed by atoms with Gasteiger partial charge in [-0.2, -0.15) is 0 Å². The largest absolute Gasteiger partial charge is 0.469 e. The minimum Gasteiger partial charge on any atom is -0.469 e. The van der Waals surface area contributed by atoms with Crippen molar-refractivity contribution in [2.24, 2.45) is 5.92 Å². The van der Waals surface area contributed by atoms with Crippen LogP contribution in [0.15, 0.2) is 54.6 Å². The maximum absolute atomic E-state index is 11.6. The van der Waals surface area contributed by atoms with Crippen molar-refractivity contribution in [3.8, 4) is 11.1 Å². The molecule has 0 spiro atoms. The molecule has 0 saturated heterocycles. The third kappa shape index (κ3) is 3.14. The normalized spacial score (nSPS) is 15.0. The van der Waals surface area contributed by atoms with Crippen molar-refractivity contribution in [3.63, 3.8) is 0 Å². The lowest BCUT2D eigenvalue weighted by Crippen LogP contribution is -2.35. The molecule has 0 heterocycles. The highest BCUT2D eigenvalue weighted by Crippen LogP contribution is 2.31. The van der Waals surface area contributed by atoms with Gasteiger partial charge >= 0.3 is 5.97 Å². The Morgan fingerprint density at radius 1 is 1.05 bits per heavy atom. The molecule has 0 amide bonds. The number of carbonyl (C=O) groups excluding carboxylic acids is 1. The lowest BCUT2D eigenvalue weighted by Gasteiger charge is -2.29. The van der Waals surface area contributed by atoms with Crippen LogP contribution in [-0.4, -0.2) is 18.2 Å². The van der Waals surface area contributed by atoms with Gasteiger partial charge in [-0.15, -0.1) is 0 Å². The summed E-state index contributed by atoms with van der Waals surface area (Å²) in [5.74, 6) is -1.06. The Hall–Kier alpha value is -2.13. The smallest absolute Gasteiger partial charge is 0.311 e. The van der Waals surface area contributed by atoms with Crippen LogP contribution in [0.25, 0.3) is 11.1 Å². The van der Waals surface area contributed by atoms with Crippen molar-refractivity contribution in [1.29, 1.82) is 0 Å². The summed E-state index contributed by atoms with van der Waals surface area (Å²) in [4.78, 5) is 11.6. The van der Waals surface area contributed by atoms with E-state index in [0.717, 1.165) is 11.1 Å². The molecule has 0 aromatic heterocycles. The molecule has 2 unspecified atom stereocenters. The van der Waals surface area contributed by atoms with Crippen LogP contribution in [0.3, 0.4) is 0 Å². The zero-order valence-corrected chi connectivity index (χ0v) is 12.5. The summed E-state index contributed by atoms with van der Waals surface area (Å²) < 4.78 is 4.71. The Bertz CT molecular complexity index is 600. The Balaban J connectivity index is 2.28. The van der Waals surface area contributed by atoms with E-state index in [9.17, 15) is 9.90 Å². The van der Waals surface area contributed by atoms with E-state index in [2.05, 4.69) is 0 Å². The van der Waals surface area contributed by atoms with Gasteiger partial charge in [0.15, 0.2) is 0 Å². The molecule has 0 radical (unpaired) electrons. The molecule has 1 N–H and O–H groups in total. The van der Waals surface area contributed by atoms with E-state index >= 15 is 0 Å². The highest BCUT2D eigenvalue weighted by atomic mass is 16.5. The van der Waals surface area contributed by atoms with E-state index in [1.54, 1.807) is 13.8 Å². The van der Waals surface area contributed by atoms with Gasteiger partial charge in [-0.1, -0.05) is 54.6 Å². The minimum absolute atomic E-state index is 0.424. The molecular formula is C18H20O3. The fraction of sp³-hybridized carbons (Fsp3) is 0.278. The molecule has 0 saturated carbocycles. The first-order valence-corrected chi connectivity index (χ1v) is 6.93. The number of hydrogen-bond acceptors (Lipinski definition) is 3. The summed E-state index contributed by atoms with van der Waals surface area (Å²) in [6.07, 6.45) is 0. The summed E-state index contributed by atoms with van der Waals surface area (Å²) >= 11 is 0. The first-order chi connectivity index (χ1) is 9.96. The fourth-order valence-electron chi connectivity index (χ4n) is 2.29. The van der Waals surface area contributed by atoms with Crippen LogP contribution >= 0.6 is 0 Å². The Morgan fingerprint density at radius 2 is 1.57 bits per heavy atom. The van der Waals surface area contributed by atoms with Gasteiger partial charge in [-0.05, 0) is 30.5 Å². The minimum atomic E-state index is -1.26. The molecule has 0 fully saturated rings.